The topological polar surface area (TPSA) is 309 Å². The lowest BCUT2D eigenvalue weighted by atomic mass is 9.89. The van der Waals surface area contributed by atoms with Crippen molar-refractivity contribution >= 4 is 70.8 Å². The lowest BCUT2D eigenvalue weighted by molar-refractivity contribution is -0.122. The van der Waals surface area contributed by atoms with E-state index in [1.54, 1.807) is 12.1 Å². The summed E-state index contributed by atoms with van der Waals surface area (Å²) in [4.78, 5) is 87.0. The zero-order valence-electron chi connectivity index (χ0n) is 46.5. The quantitative estimate of drug-likeness (QED) is 0.0332. The van der Waals surface area contributed by atoms with Crippen molar-refractivity contribution in [3.05, 3.63) is 29.3 Å². The highest BCUT2D eigenvalue weighted by atomic mass is 32.2. The molecule has 6 unspecified atom stereocenters. The second-order valence-electron chi connectivity index (χ2n) is 20.9. The molecular formula is C54H90N10O13S2. The number of carbonyl (C=O) groups is 7. The van der Waals surface area contributed by atoms with Gasteiger partial charge >= 0.3 is 12.1 Å². The van der Waals surface area contributed by atoms with Crippen molar-refractivity contribution in [2.45, 2.75) is 132 Å². The van der Waals surface area contributed by atoms with Crippen LogP contribution in [0.1, 0.15) is 118 Å². The standard InChI is InChI=1S/C54H90N10O13S2/c1-54(2,37-55)34-47(67)60-40-32-38(50(68)58-17-9-21-74-25-29-76-27-23-72-19-7-15-56-45(65)13-5-3-11-43-48-41(35-78-43)61-52(70)63-48)31-39(33-40)51(69)59-18-10-22-75-26-30-77-28-24-73-20-8-16-57-46(66)14-6-4-12-44-49-42(36-79-44)62-53(71)64-49/h31-33,41-44,48-49H,3-30,34-37,55H2,1-2H3,(H,56,65)(H,57,66)(H,58,68)(H,59,69)(H,60,67)(H2,61,63,70)(H2,62,64,71). The fourth-order valence-corrected chi connectivity index (χ4v) is 12.3. The minimum Gasteiger partial charge on any atom is -0.379 e. The van der Waals surface area contributed by atoms with E-state index in [9.17, 15) is 33.6 Å². The average molecular weight is 1150 g/mol. The van der Waals surface area contributed by atoms with Crippen molar-refractivity contribution in [2.75, 3.05) is 129 Å². The lowest BCUT2D eigenvalue weighted by Gasteiger charge is -2.21. The van der Waals surface area contributed by atoms with Crippen molar-refractivity contribution in [3.8, 4) is 0 Å². The summed E-state index contributed by atoms with van der Waals surface area (Å²) in [5, 5.41) is 27.2. The van der Waals surface area contributed by atoms with Gasteiger partial charge in [0.2, 0.25) is 17.7 Å². The Morgan fingerprint density at radius 2 is 0.899 bits per heavy atom. The highest BCUT2D eigenvalue weighted by Crippen LogP contribution is 2.34. The normalized spacial score (nSPS) is 20.1. The van der Waals surface area contributed by atoms with Gasteiger partial charge in [-0.05, 0) is 81.5 Å². The molecule has 1 aromatic rings. The summed E-state index contributed by atoms with van der Waals surface area (Å²) >= 11 is 3.78. The van der Waals surface area contributed by atoms with E-state index in [4.69, 9.17) is 34.2 Å². The van der Waals surface area contributed by atoms with Gasteiger partial charge in [0.05, 0.1) is 77.0 Å². The van der Waals surface area contributed by atoms with Crippen LogP contribution in [0.4, 0.5) is 15.3 Å². The van der Waals surface area contributed by atoms with Crippen LogP contribution in [0.25, 0.3) is 0 Å². The van der Waals surface area contributed by atoms with Crippen LogP contribution >= 0.6 is 23.5 Å². The van der Waals surface area contributed by atoms with E-state index in [-0.39, 0.29) is 71.5 Å². The number of urea groups is 2. The Balaban J connectivity index is 0.822. The number of carbonyl (C=O) groups excluding carboxylic acids is 7. The molecule has 5 rings (SSSR count). The predicted octanol–water partition coefficient (Wildman–Crippen LogP) is 2.80. The summed E-state index contributed by atoms with van der Waals surface area (Å²) in [5.74, 6) is 0.879. The Bertz CT molecular complexity index is 1930. The van der Waals surface area contributed by atoms with Gasteiger partial charge in [-0.1, -0.05) is 26.7 Å². The Morgan fingerprint density at radius 3 is 1.29 bits per heavy atom. The number of unbranched alkanes of at least 4 members (excludes halogenated alkanes) is 2. The zero-order chi connectivity index (χ0) is 56.5. The maximum absolute atomic E-state index is 13.3. The van der Waals surface area contributed by atoms with E-state index in [1.807, 2.05) is 37.4 Å². The smallest absolute Gasteiger partial charge is 0.315 e. The number of benzene rings is 1. The number of anilines is 1. The Hall–Kier alpha value is -4.47. The van der Waals surface area contributed by atoms with E-state index in [0.29, 0.717) is 167 Å². The van der Waals surface area contributed by atoms with Crippen LogP contribution in [0.3, 0.4) is 0 Å². The lowest BCUT2D eigenvalue weighted by Crippen LogP contribution is -2.36. The molecule has 0 radical (unpaired) electrons. The maximum atomic E-state index is 13.3. The van der Waals surface area contributed by atoms with Crippen molar-refractivity contribution in [2.24, 2.45) is 11.1 Å². The van der Waals surface area contributed by atoms with Gasteiger partial charge < -0.3 is 82.0 Å². The van der Waals surface area contributed by atoms with Gasteiger partial charge in [-0.15, -0.1) is 0 Å². The van der Waals surface area contributed by atoms with Gasteiger partial charge in [-0.25, -0.2) is 9.59 Å². The first-order valence-corrected chi connectivity index (χ1v) is 30.5. The number of amides is 9. The summed E-state index contributed by atoms with van der Waals surface area (Å²) in [6.45, 7) is 10.9. The van der Waals surface area contributed by atoms with Crippen molar-refractivity contribution in [1.29, 1.82) is 0 Å². The first-order chi connectivity index (χ1) is 38.3. The number of hydrogen-bond donors (Lipinski definition) is 10. The molecule has 9 amide bonds. The minimum absolute atomic E-state index is 0.0455. The fourth-order valence-electron chi connectivity index (χ4n) is 9.24. The second-order valence-corrected chi connectivity index (χ2v) is 23.5. The molecule has 6 atom stereocenters. The molecule has 4 fully saturated rings. The van der Waals surface area contributed by atoms with Crippen LogP contribution in [-0.2, 0) is 42.8 Å². The molecule has 4 heterocycles. The second kappa shape index (κ2) is 37.5. The third-order valence-electron chi connectivity index (χ3n) is 13.7. The highest BCUT2D eigenvalue weighted by Gasteiger charge is 2.43. The summed E-state index contributed by atoms with van der Waals surface area (Å²) < 4.78 is 33.7. The summed E-state index contributed by atoms with van der Waals surface area (Å²) in [6.07, 6.45) is 9.19. The highest BCUT2D eigenvalue weighted by molar-refractivity contribution is 8.00. The molecule has 79 heavy (non-hydrogen) atoms. The van der Waals surface area contributed by atoms with Crippen molar-refractivity contribution in [3.63, 3.8) is 0 Å². The molecule has 4 aliphatic rings. The number of ether oxygens (including phenoxy) is 6. The van der Waals surface area contributed by atoms with Crippen LogP contribution < -0.4 is 53.6 Å². The Labute approximate surface area is 474 Å². The van der Waals surface area contributed by atoms with E-state index in [2.05, 4.69) is 47.9 Å². The van der Waals surface area contributed by atoms with Gasteiger partial charge in [-0.2, -0.15) is 23.5 Å². The van der Waals surface area contributed by atoms with Crippen LogP contribution in [-0.4, -0.2) is 200 Å². The summed E-state index contributed by atoms with van der Waals surface area (Å²) in [7, 11) is 0. The molecule has 1 aromatic carbocycles. The molecule has 4 saturated heterocycles. The van der Waals surface area contributed by atoms with Gasteiger partial charge in [0, 0.05) is 111 Å². The number of thioether (sulfide) groups is 2. The first kappa shape index (κ1) is 65.3. The van der Waals surface area contributed by atoms with Gasteiger partial charge in [0.1, 0.15) is 0 Å². The number of hydrogen-bond acceptors (Lipinski definition) is 16. The molecule has 25 heteroatoms. The summed E-state index contributed by atoms with van der Waals surface area (Å²) in [6, 6.07) is 5.27. The number of rotatable bonds is 44. The Morgan fingerprint density at radius 1 is 0.519 bits per heavy atom. The van der Waals surface area contributed by atoms with E-state index < -0.39 is 17.2 Å². The number of nitrogens with one attached hydrogen (secondary N) is 9. The van der Waals surface area contributed by atoms with Crippen LogP contribution in [0.15, 0.2) is 18.2 Å². The monoisotopic (exact) mass is 1150 g/mol. The molecule has 23 nitrogen and oxygen atoms in total. The van der Waals surface area contributed by atoms with E-state index in [0.717, 1.165) is 50.0 Å². The fraction of sp³-hybridized carbons (Fsp3) is 0.759. The van der Waals surface area contributed by atoms with E-state index in [1.165, 1.54) is 6.07 Å². The average Bonchev–Trinajstić information content (AvgIpc) is 4.26. The third kappa shape index (κ3) is 26.3. The zero-order valence-corrected chi connectivity index (χ0v) is 48.2. The molecule has 0 bridgehead atoms. The molecular weight excluding hydrogens is 1060 g/mol. The molecule has 446 valence electrons. The number of nitrogens with two attached hydrogens (primary N) is 1. The molecule has 0 saturated carbocycles. The van der Waals surface area contributed by atoms with Crippen molar-refractivity contribution < 1.29 is 62.0 Å². The molecule has 0 aliphatic carbocycles. The van der Waals surface area contributed by atoms with Crippen LogP contribution in [0.2, 0.25) is 0 Å². The van der Waals surface area contributed by atoms with E-state index >= 15 is 0 Å². The first-order valence-electron chi connectivity index (χ1n) is 28.4. The van der Waals surface area contributed by atoms with Gasteiger partial charge in [-0.3, -0.25) is 24.0 Å². The van der Waals surface area contributed by atoms with Crippen LogP contribution in [0.5, 0.6) is 0 Å². The molecule has 0 spiro atoms. The van der Waals surface area contributed by atoms with Gasteiger partial charge in [0.25, 0.3) is 11.8 Å². The maximum Gasteiger partial charge on any atom is 0.315 e. The predicted molar refractivity (Wildman–Crippen MR) is 305 cm³/mol. The largest absolute Gasteiger partial charge is 0.379 e. The SMILES string of the molecule is CC(C)(CN)CC(=O)Nc1cc(C(=O)NCCCOCCOCCOCCCNC(=O)CCCCC2SCC3NC(=O)NC32)cc(C(=O)NCCCOCCOCCOCCCNC(=O)CCCCC2SCC3NC(=O)NC32)c1. The molecule has 11 N–H and O–H groups in total. The summed E-state index contributed by atoms with van der Waals surface area (Å²) in [5.41, 5.74) is 6.16. The van der Waals surface area contributed by atoms with Crippen LogP contribution in [0, 0.1) is 5.41 Å². The van der Waals surface area contributed by atoms with Crippen molar-refractivity contribution in [1.82, 2.24) is 42.5 Å². The minimum atomic E-state index is -0.439. The molecule has 0 aromatic heterocycles. The van der Waals surface area contributed by atoms with Gasteiger partial charge in [0.15, 0.2) is 0 Å². The number of fused-ring (bicyclic) bond motifs is 2. The third-order valence-corrected chi connectivity index (χ3v) is 16.7. The Kier molecular flexibility index (Phi) is 31.0. The molecule has 4 aliphatic heterocycles.